The molecular weight excluding hydrogens is 338 g/mol. The number of halogens is 1. The lowest BCUT2D eigenvalue weighted by Gasteiger charge is -2.29. The fourth-order valence-electron chi connectivity index (χ4n) is 3.38. The molecular formula is C20H16ClNO3. The summed E-state index contributed by atoms with van der Waals surface area (Å²) in [5.41, 5.74) is 2.33. The standard InChI is InChI=1S/C20H16ClNO3/c21-16-4-2-1-3-12(16)9-18-19(23)14-7-8-17-15(20(14)25-18)10-22(11-24-17)13-5-6-13/h1-4,7-9,13H,5-6,10-11H2/b18-9-. The Bertz CT molecular complexity index is 917. The second-order valence-electron chi connectivity index (χ2n) is 6.63. The molecule has 5 rings (SSSR count). The third-order valence-electron chi connectivity index (χ3n) is 4.90. The van der Waals surface area contributed by atoms with E-state index < -0.39 is 0 Å². The smallest absolute Gasteiger partial charge is 0.231 e. The maximum absolute atomic E-state index is 12.7. The van der Waals surface area contributed by atoms with Crippen LogP contribution in [0.5, 0.6) is 11.5 Å². The third kappa shape index (κ3) is 2.53. The van der Waals surface area contributed by atoms with Gasteiger partial charge in [0.1, 0.15) is 18.2 Å². The minimum atomic E-state index is -0.110. The maximum Gasteiger partial charge on any atom is 0.231 e. The first-order valence-corrected chi connectivity index (χ1v) is 8.80. The van der Waals surface area contributed by atoms with E-state index in [2.05, 4.69) is 4.90 Å². The van der Waals surface area contributed by atoms with Crippen LogP contribution in [0.4, 0.5) is 0 Å². The summed E-state index contributed by atoms with van der Waals surface area (Å²) in [7, 11) is 0. The fourth-order valence-corrected chi connectivity index (χ4v) is 3.57. The number of hydrogen-bond acceptors (Lipinski definition) is 4. The molecule has 2 aromatic rings. The number of fused-ring (bicyclic) bond motifs is 3. The molecule has 0 atom stereocenters. The quantitative estimate of drug-likeness (QED) is 0.756. The van der Waals surface area contributed by atoms with Crippen molar-refractivity contribution >= 4 is 23.5 Å². The highest BCUT2D eigenvalue weighted by Crippen LogP contribution is 2.43. The van der Waals surface area contributed by atoms with E-state index in [4.69, 9.17) is 21.1 Å². The van der Waals surface area contributed by atoms with Crippen LogP contribution in [0.1, 0.15) is 34.3 Å². The molecule has 1 saturated carbocycles. The first-order valence-electron chi connectivity index (χ1n) is 8.42. The van der Waals surface area contributed by atoms with Crippen molar-refractivity contribution in [2.24, 2.45) is 0 Å². The first-order chi connectivity index (χ1) is 12.2. The first kappa shape index (κ1) is 15.0. The van der Waals surface area contributed by atoms with Crippen molar-refractivity contribution in [1.82, 2.24) is 4.90 Å². The number of carbonyl (C=O) groups is 1. The number of hydrogen-bond donors (Lipinski definition) is 0. The van der Waals surface area contributed by atoms with E-state index in [1.165, 1.54) is 12.8 Å². The molecule has 0 aromatic heterocycles. The molecule has 2 aliphatic heterocycles. The van der Waals surface area contributed by atoms with Crippen molar-refractivity contribution in [3.8, 4) is 11.5 Å². The van der Waals surface area contributed by atoms with Gasteiger partial charge in [0.25, 0.3) is 0 Å². The summed E-state index contributed by atoms with van der Waals surface area (Å²) in [6.45, 7) is 1.36. The molecule has 1 fully saturated rings. The Morgan fingerprint density at radius 3 is 2.80 bits per heavy atom. The van der Waals surface area contributed by atoms with Gasteiger partial charge in [0.15, 0.2) is 5.76 Å². The molecule has 0 unspecified atom stereocenters. The lowest BCUT2D eigenvalue weighted by molar-refractivity contribution is 0.0868. The highest BCUT2D eigenvalue weighted by atomic mass is 35.5. The molecule has 25 heavy (non-hydrogen) atoms. The van der Waals surface area contributed by atoms with Crippen molar-refractivity contribution < 1.29 is 14.3 Å². The van der Waals surface area contributed by atoms with E-state index in [0.717, 1.165) is 23.4 Å². The van der Waals surface area contributed by atoms with Gasteiger partial charge in [0, 0.05) is 17.6 Å². The minimum Gasteiger partial charge on any atom is -0.478 e. The molecule has 2 aromatic carbocycles. The number of rotatable bonds is 2. The average molecular weight is 354 g/mol. The molecule has 0 amide bonds. The van der Waals surface area contributed by atoms with Crippen molar-refractivity contribution in [3.05, 3.63) is 63.9 Å². The van der Waals surface area contributed by atoms with E-state index in [9.17, 15) is 4.79 Å². The van der Waals surface area contributed by atoms with Gasteiger partial charge in [0.2, 0.25) is 5.78 Å². The van der Waals surface area contributed by atoms with Crippen molar-refractivity contribution in [1.29, 1.82) is 0 Å². The normalized spacial score (nSPS) is 20.8. The summed E-state index contributed by atoms with van der Waals surface area (Å²) in [6, 6.07) is 11.7. The summed E-state index contributed by atoms with van der Waals surface area (Å²) in [4.78, 5) is 15.0. The van der Waals surface area contributed by atoms with Crippen molar-refractivity contribution in [2.75, 3.05) is 6.73 Å². The van der Waals surface area contributed by atoms with Crippen LogP contribution in [0.2, 0.25) is 5.02 Å². The van der Waals surface area contributed by atoms with Gasteiger partial charge in [-0.3, -0.25) is 9.69 Å². The molecule has 4 nitrogen and oxygen atoms in total. The number of benzene rings is 2. The molecule has 0 radical (unpaired) electrons. The van der Waals surface area contributed by atoms with Crippen LogP contribution in [-0.2, 0) is 6.54 Å². The summed E-state index contributed by atoms with van der Waals surface area (Å²) < 4.78 is 11.8. The van der Waals surface area contributed by atoms with Gasteiger partial charge in [-0.1, -0.05) is 29.8 Å². The highest BCUT2D eigenvalue weighted by Gasteiger charge is 2.37. The summed E-state index contributed by atoms with van der Waals surface area (Å²) >= 11 is 6.20. The summed E-state index contributed by atoms with van der Waals surface area (Å²) in [5.74, 6) is 1.63. The molecule has 1 aliphatic carbocycles. The molecule has 5 heteroatoms. The minimum absolute atomic E-state index is 0.110. The topological polar surface area (TPSA) is 38.8 Å². The maximum atomic E-state index is 12.7. The van der Waals surface area contributed by atoms with E-state index >= 15 is 0 Å². The molecule has 0 saturated heterocycles. The number of nitrogens with zero attached hydrogens (tertiary/aromatic N) is 1. The average Bonchev–Trinajstić information content (AvgIpc) is 3.42. The second kappa shape index (κ2) is 5.61. The van der Waals surface area contributed by atoms with E-state index in [1.807, 2.05) is 24.3 Å². The number of Topliss-reactive ketones (excluding diaryl/α,β-unsaturated/α-hetero) is 1. The van der Waals surface area contributed by atoms with Crippen LogP contribution >= 0.6 is 11.6 Å². The van der Waals surface area contributed by atoms with Gasteiger partial charge in [-0.25, -0.2) is 0 Å². The Balaban J connectivity index is 1.53. The second-order valence-corrected chi connectivity index (χ2v) is 7.04. The van der Waals surface area contributed by atoms with Gasteiger partial charge in [-0.15, -0.1) is 0 Å². The number of ether oxygens (including phenoxy) is 2. The predicted octanol–water partition coefficient (Wildman–Crippen LogP) is 4.27. The number of carbonyl (C=O) groups excluding carboxylic acids is 1. The zero-order chi connectivity index (χ0) is 17.0. The Hall–Kier alpha value is -2.30. The Morgan fingerprint density at radius 1 is 1.16 bits per heavy atom. The Morgan fingerprint density at radius 2 is 2.00 bits per heavy atom. The molecule has 0 bridgehead atoms. The van der Waals surface area contributed by atoms with Crippen molar-refractivity contribution in [2.45, 2.75) is 25.4 Å². The summed E-state index contributed by atoms with van der Waals surface area (Å²) in [5, 5.41) is 0.590. The zero-order valence-corrected chi connectivity index (χ0v) is 14.3. The number of allylic oxidation sites excluding steroid dienone is 1. The van der Waals surface area contributed by atoms with Crippen LogP contribution in [0.25, 0.3) is 6.08 Å². The van der Waals surface area contributed by atoms with Crippen LogP contribution in [-0.4, -0.2) is 23.5 Å². The monoisotopic (exact) mass is 353 g/mol. The van der Waals surface area contributed by atoms with Crippen LogP contribution in [0, 0.1) is 0 Å². The molecule has 126 valence electrons. The van der Waals surface area contributed by atoms with Gasteiger partial charge in [0.05, 0.1) is 11.1 Å². The van der Waals surface area contributed by atoms with Crippen LogP contribution in [0.3, 0.4) is 0 Å². The lowest BCUT2D eigenvalue weighted by atomic mass is 10.0. The van der Waals surface area contributed by atoms with Gasteiger partial charge in [-0.2, -0.15) is 0 Å². The Labute approximate surface area is 150 Å². The van der Waals surface area contributed by atoms with E-state index in [1.54, 1.807) is 18.2 Å². The Kier molecular flexibility index (Phi) is 3.37. The largest absolute Gasteiger partial charge is 0.478 e. The zero-order valence-electron chi connectivity index (χ0n) is 13.5. The van der Waals surface area contributed by atoms with Crippen molar-refractivity contribution in [3.63, 3.8) is 0 Å². The van der Waals surface area contributed by atoms with Gasteiger partial charge < -0.3 is 9.47 Å². The SMILES string of the molecule is O=C1/C(=C/c2ccccc2Cl)Oc2c1ccc1c2CN(C2CC2)CO1. The third-order valence-corrected chi connectivity index (χ3v) is 5.24. The molecule has 0 spiro atoms. The molecule has 3 aliphatic rings. The molecule has 0 N–H and O–H groups in total. The van der Waals surface area contributed by atoms with Crippen LogP contribution < -0.4 is 9.47 Å². The summed E-state index contributed by atoms with van der Waals surface area (Å²) in [6.07, 6.45) is 4.13. The lowest BCUT2D eigenvalue weighted by Crippen LogP contribution is -2.33. The predicted molar refractivity (Wildman–Crippen MR) is 94.9 cm³/mol. The van der Waals surface area contributed by atoms with Crippen LogP contribution in [0.15, 0.2) is 42.2 Å². The van der Waals surface area contributed by atoms with Gasteiger partial charge in [-0.05, 0) is 42.7 Å². The highest BCUT2D eigenvalue weighted by molar-refractivity contribution is 6.32. The number of ketones is 1. The van der Waals surface area contributed by atoms with E-state index in [0.29, 0.717) is 34.9 Å². The van der Waals surface area contributed by atoms with E-state index in [-0.39, 0.29) is 5.78 Å². The van der Waals surface area contributed by atoms with Gasteiger partial charge >= 0.3 is 0 Å². The fraction of sp³-hybridized carbons (Fsp3) is 0.250. The molecule has 2 heterocycles.